The highest BCUT2D eigenvalue weighted by molar-refractivity contribution is 6.30. The standard InChI is InChI=1S/C28H32ClN3O7/c1-3-37-26(34)28-15-18(28)8-6-4-5-7-11-38-27(35)32-16-20(14-22(32)24(33)31-28)39-25-21-10-9-19(36-2)12-17(21)13-23(29)30-25/h6,8-10,12-13,18,20,22H,3-5,7,11,14-16H2,1-2H3,(H,31,33)/b8-6-/t18-,20-,22+,28-/m1/s1. The third-order valence-electron chi connectivity index (χ3n) is 7.41. The molecule has 4 atom stereocenters. The van der Waals surface area contributed by atoms with Crippen molar-refractivity contribution >= 4 is 40.3 Å². The van der Waals surface area contributed by atoms with E-state index >= 15 is 0 Å². The molecule has 0 unspecified atom stereocenters. The highest BCUT2D eigenvalue weighted by atomic mass is 35.5. The van der Waals surface area contributed by atoms with Gasteiger partial charge in [-0.05, 0) is 62.3 Å². The molecule has 2 fully saturated rings. The summed E-state index contributed by atoms with van der Waals surface area (Å²) in [6.07, 6.45) is 5.77. The van der Waals surface area contributed by atoms with Crippen LogP contribution in [0.2, 0.25) is 5.15 Å². The molecule has 1 saturated carbocycles. The Labute approximate surface area is 231 Å². The van der Waals surface area contributed by atoms with Crippen molar-refractivity contribution in [2.75, 3.05) is 26.9 Å². The van der Waals surface area contributed by atoms with Crippen molar-refractivity contribution < 1.29 is 33.3 Å². The number of carbonyl (C=O) groups excluding carboxylic acids is 3. The summed E-state index contributed by atoms with van der Waals surface area (Å²) in [5.74, 6) is -0.121. The molecule has 5 rings (SSSR count). The zero-order valence-corrected chi connectivity index (χ0v) is 22.7. The van der Waals surface area contributed by atoms with Crippen molar-refractivity contribution in [1.82, 2.24) is 15.2 Å². The van der Waals surface area contributed by atoms with Gasteiger partial charge in [0.25, 0.3) is 0 Å². The second-order valence-corrected chi connectivity index (χ2v) is 10.4. The number of benzene rings is 1. The first-order valence-electron chi connectivity index (χ1n) is 13.2. The minimum absolute atomic E-state index is 0.110. The molecule has 2 aromatic rings. The minimum atomic E-state index is -1.13. The molecule has 11 heteroatoms. The Bertz CT molecular complexity index is 1300. The molecule has 1 aliphatic carbocycles. The van der Waals surface area contributed by atoms with E-state index in [1.807, 2.05) is 24.3 Å². The van der Waals surface area contributed by atoms with Gasteiger partial charge in [0.2, 0.25) is 11.8 Å². The molecule has 1 aromatic heterocycles. The van der Waals surface area contributed by atoms with Crippen LogP contribution in [0.5, 0.6) is 11.6 Å². The smallest absolute Gasteiger partial charge is 0.410 e. The zero-order valence-electron chi connectivity index (χ0n) is 22.0. The Morgan fingerprint density at radius 3 is 2.92 bits per heavy atom. The maximum Gasteiger partial charge on any atom is 0.410 e. The van der Waals surface area contributed by atoms with E-state index in [1.54, 1.807) is 26.2 Å². The van der Waals surface area contributed by atoms with E-state index in [-0.39, 0.29) is 37.3 Å². The highest BCUT2D eigenvalue weighted by Gasteiger charge is 2.62. The molecule has 1 aromatic carbocycles. The van der Waals surface area contributed by atoms with Crippen molar-refractivity contribution in [3.63, 3.8) is 0 Å². The Hall–Kier alpha value is -3.53. The molecular formula is C28H32ClN3O7. The number of amides is 2. The highest BCUT2D eigenvalue weighted by Crippen LogP contribution is 2.46. The molecule has 3 aliphatic rings. The number of carbonyl (C=O) groups is 3. The molecular weight excluding hydrogens is 526 g/mol. The van der Waals surface area contributed by atoms with Gasteiger partial charge in [-0.1, -0.05) is 23.8 Å². The minimum Gasteiger partial charge on any atom is -0.497 e. The Morgan fingerprint density at radius 2 is 2.13 bits per heavy atom. The zero-order chi connectivity index (χ0) is 27.6. The van der Waals surface area contributed by atoms with E-state index in [9.17, 15) is 14.4 Å². The molecule has 1 N–H and O–H groups in total. The molecule has 2 amide bonds. The van der Waals surface area contributed by atoms with E-state index in [4.69, 9.17) is 30.5 Å². The summed E-state index contributed by atoms with van der Waals surface area (Å²) < 4.78 is 22.3. The first kappa shape index (κ1) is 27.1. The summed E-state index contributed by atoms with van der Waals surface area (Å²) in [7, 11) is 1.58. The van der Waals surface area contributed by atoms with E-state index in [2.05, 4.69) is 10.3 Å². The summed E-state index contributed by atoms with van der Waals surface area (Å²) in [4.78, 5) is 45.3. The molecule has 39 heavy (non-hydrogen) atoms. The van der Waals surface area contributed by atoms with Crippen LogP contribution in [0.25, 0.3) is 10.8 Å². The molecule has 1 saturated heterocycles. The van der Waals surface area contributed by atoms with Crippen LogP contribution in [-0.2, 0) is 19.1 Å². The van der Waals surface area contributed by atoms with Gasteiger partial charge in [0.05, 0.1) is 26.9 Å². The summed E-state index contributed by atoms with van der Waals surface area (Å²) >= 11 is 6.27. The number of cyclic esters (lactones) is 1. The summed E-state index contributed by atoms with van der Waals surface area (Å²) in [6.45, 7) is 2.30. The Balaban J connectivity index is 1.40. The molecule has 0 radical (unpaired) electrons. The molecule has 0 spiro atoms. The van der Waals surface area contributed by atoms with Crippen molar-refractivity contribution in [1.29, 1.82) is 0 Å². The number of rotatable bonds is 5. The quantitative estimate of drug-likeness (QED) is 0.333. The Kier molecular flexibility index (Phi) is 7.83. The average molecular weight is 558 g/mol. The first-order valence-corrected chi connectivity index (χ1v) is 13.6. The van der Waals surface area contributed by atoms with Crippen molar-refractivity contribution in [2.24, 2.45) is 5.92 Å². The van der Waals surface area contributed by atoms with Crippen molar-refractivity contribution in [2.45, 2.75) is 56.7 Å². The predicted molar refractivity (Wildman–Crippen MR) is 143 cm³/mol. The number of aromatic nitrogens is 1. The number of fused-ring (bicyclic) bond motifs is 3. The number of hydrogen-bond donors (Lipinski definition) is 1. The van der Waals surface area contributed by atoms with Gasteiger partial charge in [-0.25, -0.2) is 14.6 Å². The number of nitrogens with zero attached hydrogens (tertiary/aromatic N) is 2. The second kappa shape index (κ2) is 11.3. The lowest BCUT2D eigenvalue weighted by molar-refractivity contribution is -0.149. The van der Waals surface area contributed by atoms with Gasteiger partial charge in [0.1, 0.15) is 28.6 Å². The van der Waals surface area contributed by atoms with Gasteiger partial charge < -0.3 is 24.3 Å². The maximum absolute atomic E-state index is 13.6. The van der Waals surface area contributed by atoms with Gasteiger partial charge in [-0.15, -0.1) is 0 Å². The molecule has 0 bridgehead atoms. The van der Waals surface area contributed by atoms with Crippen LogP contribution in [0.3, 0.4) is 0 Å². The van der Waals surface area contributed by atoms with Gasteiger partial charge >= 0.3 is 12.1 Å². The lowest BCUT2D eigenvalue weighted by Crippen LogP contribution is -2.53. The van der Waals surface area contributed by atoms with E-state index in [0.717, 1.165) is 23.6 Å². The van der Waals surface area contributed by atoms with Crippen LogP contribution >= 0.6 is 11.6 Å². The number of hydrogen-bond acceptors (Lipinski definition) is 8. The topological polar surface area (TPSA) is 116 Å². The maximum atomic E-state index is 13.6. The lowest BCUT2D eigenvalue weighted by atomic mass is 10.1. The van der Waals surface area contributed by atoms with E-state index in [1.165, 1.54) is 4.90 Å². The summed E-state index contributed by atoms with van der Waals surface area (Å²) in [5, 5.41) is 4.65. The molecule has 2 aliphatic heterocycles. The normalized spacial score (nSPS) is 27.9. The molecule has 3 heterocycles. The number of esters is 1. The fraction of sp³-hybridized carbons (Fsp3) is 0.500. The molecule has 10 nitrogen and oxygen atoms in total. The third kappa shape index (κ3) is 5.61. The van der Waals surface area contributed by atoms with Gasteiger partial charge in [-0.2, -0.15) is 0 Å². The number of ether oxygens (including phenoxy) is 4. The van der Waals surface area contributed by atoms with E-state index in [0.29, 0.717) is 24.5 Å². The van der Waals surface area contributed by atoms with Gasteiger partial charge in [-0.3, -0.25) is 9.69 Å². The number of allylic oxidation sites excluding steroid dienone is 1. The SMILES string of the molecule is CCOC(=O)[C@@]12C[C@H]1/C=C\CCCCOC(=O)N1C[C@H](Oc3nc(Cl)cc4cc(OC)ccc34)C[C@H]1C(=O)N2. The van der Waals surface area contributed by atoms with Gasteiger partial charge in [0.15, 0.2) is 0 Å². The Morgan fingerprint density at radius 1 is 1.28 bits per heavy atom. The fourth-order valence-electron chi connectivity index (χ4n) is 5.26. The third-order valence-corrected chi connectivity index (χ3v) is 7.60. The monoisotopic (exact) mass is 557 g/mol. The lowest BCUT2D eigenvalue weighted by Gasteiger charge is -2.25. The van der Waals surface area contributed by atoms with Gasteiger partial charge in [0, 0.05) is 17.7 Å². The number of pyridine rings is 1. The van der Waals surface area contributed by atoms with Crippen molar-refractivity contribution in [3.8, 4) is 11.6 Å². The molecule has 208 valence electrons. The number of nitrogens with one attached hydrogen (secondary N) is 1. The van der Waals surface area contributed by atoms with Crippen LogP contribution in [0.15, 0.2) is 36.4 Å². The van der Waals surface area contributed by atoms with Crippen LogP contribution in [0.1, 0.15) is 39.0 Å². The first-order chi connectivity index (χ1) is 18.8. The predicted octanol–water partition coefficient (Wildman–Crippen LogP) is 4.03. The summed E-state index contributed by atoms with van der Waals surface area (Å²) in [6, 6.07) is 6.26. The number of halogens is 1. The average Bonchev–Trinajstić information content (AvgIpc) is 3.44. The second-order valence-electron chi connectivity index (χ2n) is 10.0. The van der Waals surface area contributed by atoms with Crippen LogP contribution in [-0.4, -0.2) is 72.4 Å². The summed E-state index contributed by atoms with van der Waals surface area (Å²) in [5.41, 5.74) is -1.13. The largest absolute Gasteiger partial charge is 0.497 e. The number of methoxy groups -OCH3 is 1. The van der Waals surface area contributed by atoms with Crippen LogP contribution < -0.4 is 14.8 Å². The fourth-order valence-corrected chi connectivity index (χ4v) is 5.45. The van der Waals surface area contributed by atoms with Crippen LogP contribution in [0.4, 0.5) is 4.79 Å². The van der Waals surface area contributed by atoms with Crippen molar-refractivity contribution in [3.05, 3.63) is 41.6 Å². The van der Waals surface area contributed by atoms with Crippen LogP contribution in [0, 0.1) is 5.92 Å². The van der Waals surface area contributed by atoms with E-state index < -0.39 is 35.7 Å².